The van der Waals surface area contributed by atoms with Gasteiger partial charge in [0, 0.05) is 6.54 Å². The zero-order valence-electron chi connectivity index (χ0n) is 14.3. The number of carbonyl (C=O) groups is 1. The lowest BCUT2D eigenvalue weighted by Gasteiger charge is -2.31. The van der Waals surface area contributed by atoms with Crippen LogP contribution in [0.2, 0.25) is 0 Å². The third-order valence-corrected chi connectivity index (χ3v) is 5.65. The van der Waals surface area contributed by atoms with Crippen molar-refractivity contribution in [3.8, 4) is 9.88 Å². The number of thiophene rings is 1. The van der Waals surface area contributed by atoms with E-state index >= 15 is 0 Å². The molecule has 2 aromatic rings. The topological polar surface area (TPSA) is 68.0 Å². The van der Waals surface area contributed by atoms with Crippen molar-refractivity contribution in [1.29, 1.82) is 0 Å². The van der Waals surface area contributed by atoms with Gasteiger partial charge < -0.3 is 11.1 Å². The molecule has 0 aromatic carbocycles. The summed E-state index contributed by atoms with van der Waals surface area (Å²) in [4.78, 5) is 18.9. The van der Waals surface area contributed by atoms with Crippen LogP contribution in [0.1, 0.15) is 42.6 Å². The molecule has 0 spiro atoms. The molecular weight excluding hydrogens is 385 g/mol. The average molecular weight is 410 g/mol. The van der Waals surface area contributed by atoms with E-state index in [9.17, 15) is 4.79 Å². The molecule has 2 heterocycles. The normalized spacial score (nSPS) is 12.9. The second kappa shape index (κ2) is 9.73. The fraction of sp³-hybridized carbons (Fsp3) is 0.500. The molecule has 0 aliphatic carbocycles. The summed E-state index contributed by atoms with van der Waals surface area (Å²) in [6.45, 7) is 8.57. The zero-order valence-corrected chi connectivity index (χ0v) is 17.6. The number of thiazole rings is 1. The molecule has 3 N–H and O–H groups in total. The van der Waals surface area contributed by atoms with E-state index in [1.807, 2.05) is 31.4 Å². The molecule has 2 aromatic heterocycles. The van der Waals surface area contributed by atoms with Crippen LogP contribution in [0.4, 0.5) is 0 Å². The third kappa shape index (κ3) is 5.70. The van der Waals surface area contributed by atoms with Crippen LogP contribution in [0.5, 0.6) is 0 Å². The summed E-state index contributed by atoms with van der Waals surface area (Å²) in [6.07, 6.45) is 0.852. The quantitative estimate of drug-likeness (QED) is 0.736. The van der Waals surface area contributed by atoms with E-state index in [0.717, 1.165) is 22.0 Å². The number of nitrogens with two attached hydrogens (primary N) is 1. The van der Waals surface area contributed by atoms with Crippen molar-refractivity contribution in [2.45, 2.75) is 39.7 Å². The first-order valence-electron chi connectivity index (χ1n) is 7.38. The predicted molar refractivity (Wildman–Crippen MR) is 109 cm³/mol. The Morgan fingerprint density at radius 3 is 2.58 bits per heavy atom. The number of rotatable bonds is 6. The lowest BCUT2D eigenvalue weighted by molar-refractivity contribution is 0.0901. The van der Waals surface area contributed by atoms with E-state index in [-0.39, 0.29) is 36.3 Å². The van der Waals surface area contributed by atoms with Crippen LogP contribution in [-0.4, -0.2) is 23.0 Å². The van der Waals surface area contributed by atoms with Crippen molar-refractivity contribution >= 4 is 53.4 Å². The highest BCUT2D eigenvalue weighted by Gasteiger charge is 2.28. The number of nitrogens with zero attached hydrogens (tertiary/aromatic N) is 1. The van der Waals surface area contributed by atoms with E-state index in [4.69, 9.17) is 5.73 Å². The molecule has 8 heteroatoms. The molecule has 1 atom stereocenters. The van der Waals surface area contributed by atoms with Gasteiger partial charge in [-0.2, -0.15) is 0 Å². The number of carbonyl (C=O) groups excluding carboxylic acids is 1. The van der Waals surface area contributed by atoms with Crippen molar-refractivity contribution in [2.75, 3.05) is 6.54 Å². The molecule has 1 amide bonds. The van der Waals surface area contributed by atoms with Crippen molar-refractivity contribution in [3.63, 3.8) is 0 Å². The standard InChI is InChI=1S/C16H23N3OS2.2ClH/c1-10(2)8-16(4,9-17)19-14(20)13-11(3)18-15(22-13)12-6-5-7-21-12;;/h5-7,10H,8-9,17H2,1-4H3,(H,19,20);2*1H. The summed E-state index contributed by atoms with van der Waals surface area (Å²) >= 11 is 3.07. The second-order valence-electron chi connectivity index (χ2n) is 6.23. The first-order valence-corrected chi connectivity index (χ1v) is 9.08. The van der Waals surface area contributed by atoms with Crippen molar-refractivity contribution in [2.24, 2.45) is 11.7 Å². The molecule has 0 aliphatic heterocycles. The maximum Gasteiger partial charge on any atom is 0.263 e. The Morgan fingerprint density at radius 1 is 1.42 bits per heavy atom. The SMILES string of the molecule is Cc1nc(-c2cccs2)sc1C(=O)NC(C)(CN)CC(C)C.Cl.Cl. The third-order valence-electron chi connectivity index (χ3n) is 3.46. The van der Waals surface area contributed by atoms with Crippen molar-refractivity contribution in [3.05, 3.63) is 28.1 Å². The summed E-state index contributed by atoms with van der Waals surface area (Å²) in [5.41, 5.74) is 6.27. The molecule has 1 unspecified atom stereocenters. The molecule has 136 valence electrons. The van der Waals surface area contributed by atoms with E-state index in [1.165, 1.54) is 11.3 Å². The minimum atomic E-state index is -0.384. The van der Waals surface area contributed by atoms with Gasteiger partial charge >= 0.3 is 0 Å². The Labute approximate surface area is 164 Å². The number of amides is 1. The number of aromatic nitrogens is 1. The fourth-order valence-corrected chi connectivity index (χ4v) is 4.29. The van der Waals surface area contributed by atoms with E-state index in [1.54, 1.807) is 11.3 Å². The van der Waals surface area contributed by atoms with Gasteiger partial charge in [0.05, 0.1) is 16.1 Å². The van der Waals surface area contributed by atoms with Gasteiger partial charge in [0.2, 0.25) is 0 Å². The van der Waals surface area contributed by atoms with Crippen molar-refractivity contribution in [1.82, 2.24) is 10.3 Å². The molecular formula is C16H25Cl2N3OS2. The maximum atomic E-state index is 12.6. The van der Waals surface area contributed by atoms with Gasteiger partial charge in [-0.1, -0.05) is 19.9 Å². The van der Waals surface area contributed by atoms with Gasteiger partial charge in [-0.3, -0.25) is 4.79 Å². The Bertz CT molecular complexity index is 644. The van der Waals surface area contributed by atoms with Gasteiger partial charge in [0.25, 0.3) is 5.91 Å². The summed E-state index contributed by atoms with van der Waals surface area (Å²) in [5, 5.41) is 6.01. The highest BCUT2D eigenvalue weighted by molar-refractivity contribution is 7.22. The molecule has 4 nitrogen and oxygen atoms in total. The Morgan fingerprint density at radius 2 is 2.08 bits per heavy atom. The highest BCUT2D eigenvalue weighted by atomic mass is 35.5. The van der Waals surface area contributed by atoms with E-state index in [2.05, 4.69) is 24.1 Å². The van der Waals surface area contributed by atoms with Crippen LogP contribution in [0, 0.1) is 12.8 Å². The first-order chi connectivity index (χ1) is 10.3. The van der Waals surface area contributed by atoms with E-state index < -0.39 is 0 Å². The molecule has 2 rings (SSSR count). The Kier molecular flexibility index (Phi) is 9.46. The van der Waals surface area contributed by atoms with Crippen LogP contribution in [-0.2, 0) is 0 Å². The van der Waals surface area contributed by atoms with Gasteiger partial charge in [-0.25, -0.2) is 4.98 Å². The summed E-state index contributed by atoms with van der Waals surface area (Å²) in [5.74, 6) is 0.393. The lowest BCUT2D eigenvalue weighted by atomic mass is 9.90. The summed E-state index contributed by atoms with van der Waals surface area (Å²) < 4.78 is 0. The molecule has 0 aliphatic rings. The number of hydrogen-bond donors (Lipinski definition) is 2. The van der Waals surface area contributed by atoms with Gasteiger partial charge in [-0.15, -0.1) is 47.5 Å². The monoisotopic (exact) mass is 409 g/mol. The molecule has 0 radical (unpaired) electrons. The minimum absolute atomic E-state index is 0. The van der Waals surface area contributed by atoms with Gasteiger partial charge in [-0.05, 0) is 37.6 Å². The summed E-state index contributed by atoms with van der Waals surface area (Å²) in [6, 6.07) is 4.01. The van der Waals surface area contributed by atoms with Crippen LogP contribution in [0.3, 0.4) is 0 Å². The number of halogens is 2. The molecule has 0 fully saturated rings. The smallest absolute Gasteiger partial charge is 0.263 e. The summed E-state index contributed by atoms with van der Waals surface area (Å²) in [7, 11) is 0. The lowest BCUT2D eigenvalue weighted by Crippen LogP contribution is -2.52. The molecule has 24 heavy (non-hydrogen) atoms. The number of hydrogen-bond acceptors (Lipinski definition) is 5. The minimum Gasteiger partial charge on any atom is -0.345 e. The van der Waals surface area contributed by atoms with Gasteiger partial charge in [0.15, 0.2) is 0 Å². The van der Waals surface area contributed by atoms with E-state index in [0.29, 0.717) is 17.3 Å². The molecule has 0 bridgehead atoms. The maximum absolute atomic E-state index is 12.6. The van der Waals surface area contributed by atoms with Crippen molar-refractivity contribution < 1.29 is 4.79 Å². The highest BCUT2D eigenvalue weighted by Crippen LogP contribution is 2.31. The average Bonchev–Trinajstić information content (AvgIpc) is 3.06. The Balaban J connectivity index is 0.00000264. The second-order valence-corrected chi connectivity index (χ2v) is 8.17. The molecule has 0 saturated heterocycles. The largest absolute Gasteiger partial charge is 0.345 e. The van der Waals surface area contributed by atoms with Gasteiger partial charge in [0.1, 0.15) is 9.88 Å². The Hall–Kier alpha value is -0.660. The van der Waals surface area contributed by atoms with Crippen LogP contribution < -0.4 is 11.1 Å². The zero-order chi connectivity index (χ0) is 16.3. The number of aryl methyl sites for hydroxylation is 1. The fourth-order valence-electron chi connectivity index (χ4n) is 2.53. The first kappa shape index (κ1) is 23.3. The van der Waals surface area contributed by atoms with Crippen LogP contribution >= 0.6 is 47.5 Å². The van der Waals surface area contributed by atoms with Crippen LogP contribution in [0.25, 0.3) is 9.88 Å². The molecule has 0 saturated carbocycles. The number of nitrogens with one attached hydrogen (secondary N) is 1. The predicted octanol–water partition coefficient (Wildman–Crippen LogP) is 4.52. The van der Waals surface area contributed by atoms with Crippen LogP contribution in [0.15, 0.2) is 17.5 Å².